The van der Waals surface area contributed by atoms with Crippen LogP contribution in [0.3, 0.4) is 0 Å². The van der Waals surface area contributed by atoms with Crippen molar-refractivity contribution in [2.75, 3.05) is 0 Å². The third-order valence-corrected chi connectivity index (χ3v) is 6.78. The van der Waals surface area contributed by atoms with E-state index in [0.29, 0.717) is 11.8 Å². The molecular weight excluding hydrogens is 356 g/mol. The smallest absolute Gasteiger partial charge is 0.233 e. The zero-order valence-electron chi connectivity index (χ0n) is 16.9. The Labute approximate surface area is 166 Å². The van der Waals surface area contributed by atoms with Gasteiger partial charge in [0, 0.05) is 11.7 Å². The molecule has 1 heterocycles. The fraction of sp³-hybridized carbons (Fsp3) is 0.571. The van der Waals surface area contributed by atoms with Crippen molar-refractivity contribution in [1.29, 1.82) is 0 Å². The van der Waals surface area contributed by atoms with E-state index in [1.54, 1.807) is 0 Å². The lowest BCUT2D eigenvalue weighted by atomic mass is 9.78. The van der Waals surface area contributed by atoms with Gasteiger partial charge in [-0.1, -0.05) is 50.6 Å². The van der Waals surface area contributed by atoms with Gasteiger partial charge in [-0.05, 0) is 56.7 Å². The molecule has 1 aliphatic rings. The summed E-state index contributed by atoms with van der Waals surface area (Å²) in [7, 11) is 0. The van der Waals surface area contributed by atoms with E-state index in [4.69, 9.17) is 0 Å². The van der Waals surface area contributed by atoms with Crippen LogP contribution in [0.2, 0.25) is 0 Å². The first kappa shape index (κ1) is 19.9. The summed E-state index contributed by atoms with van der Waals surface area (Å²) in [5.41, 5.74) is 2.21. The van der Waals surface area contributed by atoms with E-state index in [2.05, 4.69) is 48.4 Å². The summed E-state index contributed by atoms with van der Waals surface area (Å²) in [4.78, 5) is 12.8. The van der Waals surface area contributed by atoms with E-state index in [9.17, 15) is 4.79 Å². The number of benzene rings is 1. The van der Waals surface area contributed by atoms with Gasteiger partial charge in [0.25, 0.3) is 0 Å². The largest absolute Gasteiger partial charge is 0.352 e. The maximum absolute atomic E-state index is 12.8. The summed E-state index contributed by atoms with van der Waals surface area (Å²) in [6.07, 6.45) is 3.53. The lowest BCUT2D eigenvalue weighted by Crippen LogP contribution is -2.46. The molecule has 6 heteroatoms. The van der Waals surface area contributed by atoms with E-state index in [1.165, 1.54) is 30.2 Å². The zero-order valence-corrected chi connectivity index (χ0v) is 17.7. The number of carbonyl (C=O) groups excluding carboxylic acids is 1. The van der Waals surface area contributed by atoms with Gasteiger partial charge in [-0.15, -0.1) is 10.2 Å². The predicted molar refractivity (Wildman–Crippen MR) is 110 cm³/mol. The molecule has 3 rings (SSSR count). The molecule has 1 saturated carbocycles. The predicted octanol–water partition coefficient (Wildman–Crippen LogP) is 4.31. The molecule has 1 aromatic carbocycles. The minimum atomic E-state index is -0.221. The molecule has 1 fully saturated rings. The van der Waals surface area contributed by atoms with Gasteiger partial charge >= 0.3 is 0 Å². The first-order chi connectivity index (χ1) is 12.9. The molecule has 4 unspecified atom stereocenters. The Kier molecular flexibility index (Phi) is 6.25. The number of aryl methyl sites for hydroxylation is 2. The summed E-state index contributed by atoms with van der Waals surface area (Å²) in [5.74, 6) is 2.10. The first-order valence-electron chi connectivity index (χ1n) is 9.83. The minimum absolute atomic E-state index is 0.0856. The van der Waals surface area contributed by atoms with Crippen LogP contribution in [0, 0.1) is 25.7 Å². The van der Waals surface area contributed by atoms with Crippen molar-refractivity contribution in [3.05, 3.63) is 35.7 Å². The number of amides is 1. The molecule has 5 nitrogen and oxygen atoms in total. The Balaban J connectivity index is 1.71. The van der Waals surface area contributed by atoms with Crippen LogP contribution in [0.5, 0.6) is 0 Å². The van der Waals surface area contributed by atoms with Gasteiger partial charge in [0.2, 0.25) is 5.91 Å². The van der Waals surface area contributed by atoms with Crippen molar-refractivity contribution in [3.8, 4) is 5.69 Å². The lowest BCUT2D eigenvalue weighted by molar-refractivity contribution is -0.121. The second-order valence-corrected chi connectivity index (χ2v) is 9.15. The molecule has 0 aliphatic heterocycles. The molecule has 1 aromatic heterocycles. The minimum Gasteiger partial charge on any atom is -0.352 e. The van der Waals surface area contributed by atoms with Gasteiger partial charge in [-0.25, -0.2) is 0 Å². The average Bonchev–Trinajstić information content (AvgIpc) is 2.99. The molecule has 2 aromatic rings. The van der Waals surface area contributed by atoms with Gasteiger partial charge in [0.1, 0.15) is 5.82 Å². The molecule has 0 spiro atoms. The Morgan fingerprint density at radius 1 is 1.26 bits per heavy atom. The van der Waals surface area contributed by atoms with Crippen molar-refractivity contribution in [2.45, 2.75) is 70.3 Å². The summed E-state index contributed by atoms with van der Waals surface area (Å²) in [6, 6.07) is 8.53. The van der Waals surface area contributed by atoms with Crippen molar-refractivity contribution in [2.24, 2.45) is 11.8 Å². The number of carbonyl (C=O) groups is 1. The van der Waals surface area contributed by atoms with Crippen LogP contribution < -0.4 is 5.32 Å². The number of nitrogens with zero attached hydrogens (tertiary/aromatic N) is 3. The number of rotatable bonds is 5. The van der Waals surface area contributed by atoms with Crippen LogP contribution in [0.1, 0.15) is 51.4 Å². The van der Waals surface area contributed by atoms with E-state index < -0.39 is 0 Å². The zero-order chi connectivity index (χ0) is 19.6. The maximum atomic E-state index is 12.8. The van der Waals surface area contributed by atoms with Crippen LogP contribution >= 0.6 is 11.8 Å². The van der Waals surface area contributed by atoms with Crippen LogP contribution in [0.15, 0.2) is 29.4 Å². The molecule has 1 amide bonds. The Hall–Kier alpha value is -1.82. The molecule has 146 valence electrons. The van der Waals surface area contributed by atoms with Crippen molar-refractivity contribution >= 4 is 17.7 Å². The standard InChI is InChI=1S/C21H30N4OS/c1-13-8-6-10-18(12-13)25-17(5)23-24-21(25)27-16(4)20(26)22-19-11-7-9-14(2)15(19)3/h6,8,10,12,14-16,19H,7,9,11H2,1-5H3,(H,22,26). The van der Waals surface area contributed by atoms with E-state index >= 15 is 0 Å². The molecule has 0 saturated heterocycles. The van der Waals surface area contributed by atoms with Gasteiger partial charge < -0.3 is 5.32 Å². The highest BCUT2D eigenvalue weighted by molar-refractivity contribution is 8.00. The normalized spacial score (nSPS) is 23.8. The molecular formula is C21H30N4OS. The number of thioether (sulfide) groups is 1. The Morgan fingerprint density at radius 2 is 2.04 bits per heavy atom. The molecule has 0 bridgehead atoms. The molecule has 27 heavy (non-hydrogen) atoms. The highest BCUT2D eigenvalue weighted by atomic mass is 32.2. The van der Waals surface area contributed by atoms with Crippen LogP contribution in [0.4, 0.5) is 0 Å². The fourth-order valence-corrected chi connectivity index (χ4v) is 4.70. The van der Waals surface area contributed by atoms with Crippen LogP contribution in [-0.4, -0.2) is 32.0 Å². The van der Waals surface area contributed by atoms with Crippen molar-refractivity contribution in [3.63, 3.8) is 0 Å². The fourth-order valence-electron chi connectivity index (χ4n) is 3.78. The number of hydrogen-bond acceptors (Lipinski definition) is 4. The van der Waals surface area contributed by atoms with Crippen LogP contribution in [-0.2, 0) is 4.79 Å². The van der Waals surface area contributed by atoms with Gasteiger partial charge in [0.05, 0.1) is 5.25 Å². The number of aromatic nitrogens is 3. The van der Waals surface area contributed by atoms with E-state index in [-0.39, 0.29) is 17.2 Å². The maximum Gasteiger partial charge on any atom is 0.233 e. The van der Waals surface area contributed by atoms with Crippen molar-refractivity contribution < 1.29 is 4.79 Å². The quantitative estimate of drug-likeness (QED) is 0.778. The second-order valence-electron chi connectivity index (χ2n) is 7.85. The van der Waals surface area contributed by atoms with Crippen molar-refractivity contribution in [1.82, 2.24) is 20.1 Å². The van der Waals surface area contributed by atoms with E-state index in [1.807, 2.05) is 30.5 Å². The Morgan fingerprint density at radius 3 is 2.78 bits per heavy atom. The average molecular weight is 387 g/mol. The third kappa shape index (κ3) is 4.54. The molecule has 1 aliphatic carbocycles. The summed E-state index contributed by atoms with van der Waals surface area (Å²) >= 11 is 1.47. The highest BCUT2D eigenvalue weighted by Gasteiger charge is 2.30. The van der Waals surface area contributed by atoms with Gasteiger partial charge in [-0.3, -0.25) is 9.36 Å². The summed E-state index contributed by atoms with van der Waals surface area (Å²) in [5, 5.41) is 12.4. The summed E-state index contributed by atoms with van der Waals surface area (Å²) < 4.78 is 2.02. The first-order valence-corrected chi connectivity index (χ1v) is 10.7. The Bertz CT molecular complexity index is 803. The number of hydrogen-bond donors (Lipinski definition) is 1. The number of nitrogens with one attached hydrogen (secondary N) is 1. The van der Waals surface area contributed by atoms with Gasteiger partial charge in [0.15, 0.2) is 5.16 Å². The van der Waals surface area contributed by atoms with Gasteiger partial charge in [-0.2, -0.15) is 0 Å². The van der Waals surface area contributed by atoms with Crippen LogP contribution in [0.25, 0.3) is 5.69 Å². The third-order valence-electron chi connectivity index (χ3n) is 5.74. The topological polar surface area (TPSA) is 59.8 Å². The molecule has 4 atom stereocenters. The molecule has 0 radical (unpaired) electrons. The summed E-state index contributed by atoms with van der Waals surface area (Å²) in [6.45, 7) is 10.5. The SMILES string of the molecule is Cc1cccc(-n2c(C)nnc2SC(C)C(=O)NC2CCCC(C)C2C)c1. The monoisotopic (exact) mass is 386 g/mol. The lowest BCUT2D eigenvalue weighted by Gasteiger charge is -2.35. The van der Waals surface area contributed by atoms with E-state index in [0.717, 1.165) is 23.1 Å². The molecule has 1 N–H and O–H groups in total. The highest BCUT2D eigenvalue weighted by Crippen LogP contribution is 2.30. The second kappa shape index (κ2) is 8.46.